The maximum absolute atomic E-state index is 5.99. The SMILES string of the molecule is Cc1cnc(N2CCNC[C@H]2C)nc1Cl. The van der Waals surface area contributed by atoms with Gasteiger partial charge in [-0.1, -0.05) is 11.6 Å². The number of nitrogens with one attached hydrogen (secondary N) is 1. The van der Waals surface area contributed by atoms with Crippen LogP contribution in [0.25, 0.3) is 0 Å². The van der Waals surface area contributed by atoms with Crippen molar-refractivity contribution in [3.05, 3.63) is 16.9 Å². The molecule has 1 aliphatic rings. The van der Waals surface area contributed by atoms with Gasteiger partial charge in [0.15, 0.2) is 0 Å². The third-order valence-electron chi connectivity index (χ3n) is 2.66. The fourth-order valence-corrected chi connectivity index (χ4v) is 1.81. The van der Waals surface area contributed by atoms with E-state index in [0.717, 1.165) is 31.1 Å². The Bertz CT molecular complexity index is 355. The van der Waals surface area contributed by atoms with E-state index in [0.29, 0.717) is 11.2 Å². The smallest absolute Gasteiger partial charge is 0.227 e. The number of piperazine rings is 1. The highest BCUT2D eigenvalue weighted by Gasteiger charge is 2.20. The zero-order valence-electron chi connectivity index (χ0n) is 9.00. The summed E-state index contributed by atoms with van der Waals surface area (Å²) >= 11 is 5.99. The first kappa shape index (κ1) is 10.6. The van der Waals surface area contributed by atoms with Crippen molar-refractivity contribution in [3.63, 3.8) is 0 Å². The van der Waals surface area contributed by atoms with Crippen molar-refractivity contribution in [1.29, 1.82) is 0 Å². The first-order valence-electron chi connectivity index (χ1n) is 5.15. The Morgan fingerprint density at radius 1 is 1.60 bits per heavy atom. The van der Waals surface area contributed by atoms with Gasteiger partial charge in [0.25, 0.3) is 0 Å². The lowest BCUT2D eigenvalue weighted by Crippen LogP contribution is -2.50. The molecule has 0 aromatic carbocycles. The summed E-state index contributed by atoms with van der Waals surface area (Å²) in [7, 11) is 0. The number of hydrogen-bond donors (Lipinski definition) is 1. The van der Waals surface area contributed by atoms with Gasteiger partial charge in [0.1, 0.15) is 5.15 Å². The minimum absolute atomic E-state index is 0.414. The monoisotopic (exact) mass is 226 g/mol. The van der Waals surface area contributed by atoms with Crippen LogP contribution in [0.15, 0.2) is 6.20 Å². The van der Waals surface area contributed by atoms with E-state index in [9.17, 15) is 0 Å². The number of anilines is 1. The lowest BCUT2D eigenvalue weighted by atomic mass is 10.2. The van der Waals surface area contributed by atoms with Gasteiger partial charge < -0.3 is 10.2 Å². The molecule has 15 heavy (non-hydrogen) atoms. The number of halogens is 1. The van der Waals surface area contributed by atoms with Crippen LogP contribution in [-0.2, 0) is 0 Å². The molecule has 0 aliphatic carbocycles. The molecule has 0 bridgehead atoms. The van der Waals surface area contributed by atoms with Crippen molar-refractivity contribution in [2.75, 3.05) is 24.5 Å². The summed E-state index contributed by atoms with van der Waals surface area (Å²) in [5.74, 6) is 0.736. The average molecular weight is 227 g/mol. The summed E-state index contributed by atoms with van der Waals surface area (Å²) in [6, 6.07) is 0.414. The van der Waals surface area contributed by atoms with E-state index in [1.807, 2.05) is 6.92 Å². The maximum atomic E-state index is 5.99. The molecule has 5 heteroatoms. The third-order valence-corrected chi connectivity index (χ3v) is 3.04. The van der Waals surface area contributed by atoms with Crippen LogP contribution in [0.5, 0.6) is 0 Å². The van der Waals surface area contributed by atoms with Gasteiger partial charge in [-0.2, -0.15) is 0 Å². The molecule has 1 fully saturated rings. The maximum Gasteiger partial charge on any atom is 0.227 e. The van der Waals surface area contributed by atoms with Gasteiger partial charge in [-0.05, 0) is 13.8 Å². The van der Waals surface area contributed by atoms with E-state index in [1.54, 1.807) is 6.20 Å². The lowest BCUT2D eigenvalue weighted by Gasteiger charge is -2.33. The molecule has 4 nitrogen and oxygen atoms in total. The van der Waals surface area contributed by atoms with Crippen LogP contribution in [0.2, 0.25) is 5.15 Å². The molecule has 1 aromatic heterocycles. The fraction of sp³-hybridized carbons (Fsp3) is 0.600. The van der Waals surface area contributed by atoms with Crippen LogP contribution in [0.3, 0.4) is 0 Å². The summed E-state index contributed by atoms with van der Waals surface area (Å²) in [5, 5.41) is 3.88. The van der Waals surface area contributed by atoms with E-state index in [1.165, 1.54) is 0 Å². The average Bonchev–Trinajstić information content (AvgIpc) is 2.23. The molecule has 1 atom stereocenters. The number of nitrogens with zero attached hydrogens (tertiary/aromatic N) is 3. The van der Waals surface area contributed by atoms with Crippen molar-refractivity contribution in [3.8, 4) is 0 Å². The predicted molar refractivity (Wildman–Crippen MR) is 61.5 cm³/mol. The second kappa shape index (κ2) is 4.33. The predicted octanol–water partition coefficient (Wildman–Crippen LogP) is 1.24. The van der Waals surface area contributed by atoms with Gasteiger partial charge in [-0.15, -0.1) is 0 Å². The topological polar surface area (TPSA) is 41.1 Å². The lowest BCUT2D eigenvalue weighted by molar-refractivity contribution is 0.493. The van der Waals surface area contributed by atoms with Gasteiger partial charge >= 0.3 is 0 Å². The highest BCUT2D eigenvalue weighted by atomic mass is 35.5. The Morgan fingerprint density at radius 2 is 2.40 bits per heavy atom. The third kappa shape index (κ3) is 2.21. The Morgan fingerprint density at radius 3 is 3.07 bits per heavy atom. The molecule has 2 rings (SSSR count). The van der Waals surface area contributed by atoms with Crippen molar-refractivity contribution in [1.82, 2.24) is 15.3 Å². The molecule has 0 saturated carbocycles. The van der Waals surface area contributed by atoms with Crippen molar-refractivity contribution in [2.45, 2.75) is 19.9 Å². The summed E-state index contributed by atoms with van der Waals surface area (Å²) in [5.41, 5.74) is 0.920. The van der Waals surface area contributed by atoms with Crippen LogP contribution in [0.1, 0.15) is 12.5 Å². The molecular formula is C10H15ClN4. The van der Waals surface area contributed by atoms with Crippen LogP contribution in [-0.4, -0.2) is 35.6 Å². The van der Waals surface area contributed by atoms with Gasteiger partial charge in [-0.3, -0.25) is 0 Å². The van der Waals surface area contributed by atoms with E-state index >= 15 is 0 Å². The highest BCUT2D eigenvalue weighted by molar-refractivity contribution is 6.30. The number of aryl methyl sites for hydroxylation is 1. The molecule has 0 unspecified atom stereocenters. The summed E-state index contributed by atoms with van der Waals surface area (Å²) in [6.45, 7) is 6.94. The second-order valence-electron chi connectivity index (χ2n) is 3.89. The van der Waals surface area contributed by atoms with Gasteiger partial charge in [0.2, 0.25) is 5.95 Å². The first-order chi connectivity index (χ1) is 7.18. The zero-order valence-corrected chi connectivity index (χ0v) is 9.75. The van der Waals surface area contributed by atoms with Gasteiger partial charge in [-0.25, -0.2) is 9.97 Å². The van der Waals surface area contributed by atoms with Crippen molar-refractivity contribution in [2.24, 2.45) is 0 Å². The molecule has 1 saturated heterocycles. The normalized spacial score (nSPS) is 21.8. The Labute approximate surface area is 94.7 Å². The fourth-order valence-electron chi connectivity index (χ4n) is 1.69. The molecular weight excluding hydrogens is 212 g/mol. The van der Waals surface area contributed by atoms with E-state index in [4.69, 9.17) is 11.6 Å². The molecule has 1 aromatic rings. The first-order valence-corrected chi connectivity index (χ1v) is 5.53. The Kier molecular flexibility index (Phi) is 3.07. The number of aromatic nitrogens is 2. The highest BCUT2D eigenvalue weighted by Crippen LogP contribution is 2.17. The van der Waals surface area contributed by atoms with Crippen LogP contribution in [0.4, 0.5) is 5.95 Å². The zero-order chi connectivity index (χ0) is 10.8. The Hall–Kier alpha value is -0.870. The minimum atomic E-state index is 0.414. The summed E-state index contributed by atoms with van der Waals surface area (Å²) in [6.07, 6.45) is 1.78. The largest absolute Gasteiger partial charge is 0.336 e. The van der Waals surface area contributed by atoms with Crippen molar-refractivity contribution < 1.29 is 0 Å². The molecule has 0 amide bonds. The van der Waals surface area contributed by atoms with Crippen LogP contribution in [0, 0.1) is 6.92 Å². The quantitative estimate of drug-likeness (QED) is 0.732. The van der Waals surface area contributed by atoms with Gasteiger partial charge in [0.05, 0.1) is 0 Å². The van der Waals surface area contributed by atoms with Crippen LogP contribution >= 0.6 is 11.6 Å². The molecule has 1 aliphatic heterocycles. The standard InChI is InChI=1S/C10H15ClN4/c1-7-5-13-10(14-9(7)11)15-4-3-12-6-8(15)2/h5,8,12H,3-4,6H2,1-2H3/t8-/m1/s1. The van der Waals surface area contributed by atoms with E-state index in [2.05, 4.69) is 27.1 Å². The minimum Gasteiger partial charge on any atom is -0.336 e. The molecule has 0 radical (unpaired) electrons. The second-order valence-corrected chi connectivity index (χ2v) is 4.25. The molecule has 2 heterocycles. The Balaban J connectivity index is 2.24. The molecule has 0 spiro atoms. The molecule has 1 N–H and O–H groups in total. The van der Waals surface area contributed by atoms with Crippen molar-refractivity contribution >= 4 is 17.5 Å². The summed E-state index contributed by atoms with van der Waals surface area (Å²) < 4.78 is 0. The van der Waals surface area contributed by atoms with E-state index in [-0.39, 0.29) is 0 Å². The van der Waals surface area contributed by atoms with Crippen LogP contribution < -0.4 is 10.2 Å². The number of rotatable bonds is 1. The van der Waals surface area contributed by atoms with Gasteiger partial charge in [0, 0.05) is 37.4 Å². The summed E-state index contributed by atoms with van der Waals surface area (Å²) in [4.78, 5) is 10.8. The number of hydrogen-bond acceptors (Lipinski definition) is 4. The van der Waals surface area contributed by atoms with E-state index < -0.39 is 0 Å². The molecule has 82 valence electrons.